The topological polar surface area (TPSA) is 44.8 Å². The van der Waals surface area contributed by atoms with E-state index in [1.807, 2.05) is 36.9 Å². The highest BCUT2D eigenvalue weighted by Crippen LogP contribution is 2.23. The molecule has 1 heterocycles. The van der Waals surface area contributed by atoms with E-state index in [0.29, 0.717) is 0 Å². The van der Waals surface area contributed by atoms with Gasteiger partial charge in [0.2, 0.25) is 0 Å². The summed E-state index contributed by atoms with van der Waals surface area (Å²) in [5.41, 5.74) is 5.55. The zero-order valence-corrected chi connectivity index (χ0v) is 16.7. The average Bonchev–Trinajstić information content (AvgIpc) is 2.65. The summed E-state index contributed by atoms with van der Waals surface area (Å²) in [6.07, 6.45) is 0. The van der Waals surface area contributed by atoms with Gasteiger partial charge in [-0.25, -0.2) is 4.79 Å². The van der Waals surface area contributed by atoms with Gasteiger partial charge in [0.05, 0.1) is 7.11 Å². The van der Waals surface area contributed by atoms with E-state index in [9.17, 15) is 4.79 Å². The maximum absolute atomic E-state index is 12.7. The first-order valence-electron chi connectivity index (χ1n) is 9.46. The predicted molar refractivity (Wildman–Crippen MR) is 110 cm³/mol. The number of piperazine rings is 1. The number of nitrogens with zero attached hydrogens (tertiary/aromatic N) is 2. The number of methoxy groups -OCH3 is 1. The average molecular weight is 367 g/mol. The molecule has 3 rings (SSSR count). The molecule has 1 saturated heterocycles. The third kappa shape index (κ3) is 4.61. The highest BCUT2D eigenvalue weighted by molar-refractivity contribution is 5.91. The molecule has 1 aliphatic rings. The fraction of sp³-hybridized carbons (Fsp3) is 0.409. The van der Waals surface area contributed by atoms with Crippen molar-refractivity contribution in [2.24, 2.45) is 0 Å². The molecular weight excluding hydrogens is 338 g/mol. The number of amides is 2. The van der Waals surface area contributed by atoms with Crippen molar-refractivity contribution in [2.75, 3.05) is 38.6 Å². The molecule has 0 spiro atoms. The van der Waals surface area contributed by atoms with E-state index in [4.69, 9.17) is 4.74 Å². The van der Waals surface area contributed by atoms with Crippen LogP contribution in [0.1, 0.15) is 22.3 Å². The van der Waals surface area contributed by atoms with Crippen molar-refractivity contribution in [1.29, 1.82) is 0 Å². The third-order valence-corrected chi connectivity index (χ3v) is 5.15. The number of rotatable bonds is 4. The van der Waals surface area contributed by atoms with Crippen LogP contribution in [-0.4, -0.2) is 49.1 Å². The fourth-order valence-electron chi connectivity index (χ4n) is 3.75. The Hall–Kier alpha value is -2.53. The molecule has 1 fully saturated rings. The van der Waals surface area contributed by atoms with Crippen molar-refractivity contribution in [3.05, 3.63) is 58.7 Å². The lowest BCUT2D eigenvalue weighted by atomic mass is 10.1. The summed E-state index contributed by atoms with van der Waals surface area (Å²) in [5, 5.41) is 3.11. The van der Waals surface area contributed by atoms with Crippen molar-refractivity contribution >= 4 is 11.7 Å². The van der Waals surface area contributed by atoms with Gasteiger partial charge in [-0.2, -0.15) is 0 Å². The van der Waals surface area contributed by atoms with E-state index >= 15 is 0 Å². The van der Waals surface area contributed by atoms with Gasteiger partial charge < -0.3 is 15.0 Å². The summed E-state index contributed by atoms with van der Waals surface area (Å²) in [6, 6.07) is 12.3. The van der Waals surface area contributed by atoms with Crippen LogP contribution in [-0.2, 0) is 6.54 Å². The number of para-hydroxylation sites is 1. The van der Waals surface area contributed by atoms with Crippen molar-refractivity contribution in [2.45, 2.75) is 27.3 Å². The van der Waals surface area contributed by atoms with Gasteiger partial charge in [0.15, 0.2) is 0 Å². The number of hydrogen-bond acceptors (Lipinski definition) is 3. The monoisotopic (exact) mass is 367 g/mol. The van der Waals surface area contributed by atoms with Gasteiger partial charge in [-0.1, -0.05) is 35.9 Å². The third-order valence-electron chi connectivity index (χ3n) is 5.15. The molecule has 0 aromatic heterocycles. The van der Waals surface area contributed by atoms with Crippen LogP contribution >= 0.6 is 0 Å². The largest absolute Gasteiger partial charge is 0.496 e. The predicted octanol–water partition coefficient (Wildman–Crippen LogP) is 3.97. The first-order valence-corrected chi connectivity index (χ1v) is 9.46. The first kappa shape index (κ1) is 19.2. The number of urea groups is 1. The molecule has 0 aliphatic carbocycles. The molecule has 1 aliphatic heterocycles. The van der Waals surface area contributed by atoms with Crippen LogP contribution in [0.2, 0.25) is 0 Å². The summed E-state index contributed by atoms with van der Waals surface area (Å²) in [5.74, 6) is 0.919. The Morgan fingerprint density at radius 2 is 1.67 bits per heavy atom. The SMILES string of the molecule is COc1ccccc1CN1CCN(C(=O)Nc2c(C)cc(C)cc2C)CC1. The molecule has 2 amide bonds. The zero-order chi connectivity index (χ0) is 19.4. The van der Waals surface area contributed by atoms with E-state index in [0.717, 1.165) is 55.3 Å². The minimum atomic E-state index is -0.0120. The summed E-state index contributed by atoms with van der Waals surface area (Å²) >= 11 is 0. The van der Waals surface area contributed by atoms with Gasteiger partial charge in [0, 0.05) is 44.0 Å². The molecule has 0 saturated carbocycles. The Balaban J connectivity index is 1.57. The quantitative estimate of drug-likeness (QED) is 0.889. The van der Waals surface area contributed by atoms with E-state index < -0.39 is 0 Å². The highest BCUT2D eigenvalue weighted by Gasteiger charge is 2.22. The fourth-order valence-corrected chi connectivity index (χ4v) is 3.75. The lowest BCUT2D eigenvalue weighted by Crippen LogP contribution is -2.49. The van der Waals surface area contributed by atoms with Gasteiger partial charge in [0.1, 0.15) is 5.75 Å². The number of ether oxygens (including phenoxy) is 1. The van der Waals surface area contributed by atoms with E-state index in [1.54, 1.807) is 7.11 Å². The van der Waals surface area contributed by atoms with E-state index in [2.05, 4.69) is 35.3 Å². The maximum Gasteiger partial charge on any atom is 0.321 e. The first-order chi connectivity index (χ1) is 13.0. The smallest absolute Gasteiger partial charge is 0.321 e. The maximum atomic E-state index is 12.7. The summed E-state index contributed by atoms with van der Waals surface area (Å²) in [4.78, 5) is 17.0. The second kappa shape index (κ2) is 8.44. The molecule has 5 heteroatoms. The molecule has 1 N–H and O–H groups in total. The van der Waals surface area contributed by atoms with Crippen molar-refractivity contribution in [3.63, 3.8) is 0 Å². The standard InChI is InChI=1S/C22H29N3O2/c1-16-13-17(2)21(18(3)14-16)23-22(26)25-11-9-24(10-12-25)15-19-7-5-6-8-20(19)27-4/h5-8,13-14H,9-12,15H2,1-4H3,(H,23,26). The zero-order valence-electron chi connectivity index (χ0n) is 16.7. The summed E-state index contributed by atoms with van der Waals surface area (Å²) < 4.78 is 5.44. The van der Waals surface area contributed by atoms with Crippen LogP contribution in [0.25, 0.3) is 0 Å². The van der Waals surface area contributed by atoms with Gasteiger partial charge in [-0.3, -0.25) is 4.90 Å². The molecule has 27 heavy (non-hydrogen) atoms. The van der Waals surface area contributed by atoms with Crippen LogP contribution in [0.5, 0.6) is 5.75 Å². The number of hydrogen-bond donors (Lipinski definition) is 1. The van der Waals surface area contributed by atoms with Crippen LogP contribution in [0, 0.1) is 20.8 Å². The Morgan fingerprint density at radius 3 is 2.30 bits per heavy atom. The number of benzene rings is 2. The number of aryl methyl sites for hydroxylation is 3. The Labute approximate surface area is 161 Å². The molecule has 5 nitrogen and oxygen atoms in total. The molecule has 0 radical (unpaired) electrons. The number of carbonyl (C=O) groups excluding carboxylic acids is 1. The molecule has 0 bridgehead atoms. The van der Waals surface area contributed by atoms with Gasteiger partial charge in [0.25, 0.3) is 0 Å². The van der Waals surface area contributed by atoms with Gasteiger partial charge >= 0.3 is 6.03 Å². The number of anilines is 1. The number of nitrogens with one attached hydrogen (secondary N) is 1. The lowest BCUT2D eigenvalue weighted by Gasteiger charge is -2.35. The Morgan fingerprint density at radius 1 is 1.04 bits per heavy atom. The van der Waals surface area contributed by atoms with E-state index in [1.165, 1.54) is 11.1 Å². The Bertz CT molecular complexity index is 788. The van der Waals surface area contributed by atoms with Crippen molar-refractivity contribution in [3.8, 4) is 5.75 Å². The number of carbonyl (C=O) groups is 1. The molecule has 144 valence electrons. The molecule has 0 atom stereocenters. The normalized spacial score (nSPS) is 14.9. The molecule has 2 aromatic carbocycles. The van der Waals surface area contributed by atoms with Crippen LogP contribution in [0.3, 0.4) is 0 Å². The summed E-state index contributed by atoms with van der Waals surface area (Å²) in [7, 11) is 1.70. The highest BCUT2D eigenvalue weighted by atomic mass is 16.5. The van der Waals surface area contributed by atoms with Gasteiger partial charge in [-0.05, 0) is 38.0 Å². The van der Waals surface area contributed by atoms with Crippen molar-refractivity contribution in [1.82, 2.24) is 9.80 Å². The van der Waals surface area contributed by atoms with Crippen LogP contribution < -0.4 is 10.1 Å². The minimum absolute atomic E-state index is 0.0120. The Kier molecular flexibility index (Phi) is 6.01. The molecular formula is C22H29N3O2. The summed E-state index contributed by atoms with van der Waals surface area (Å²) in [6.45, 7) is 10.2. The van der Waals surface area contributed by atoms with Crippen molar-refractivity contribution < 1.29 is 9.53 Å². The van der Waals surface area contributed by atoms with Crippen LogP contribution in [0.4, 0.5) is 10.5 Å². The second-order valence-electron chi connectivity index (χ2n) is 7.28. The lowest BCUT2D eigenvalue weighted by molar-refractivity contribution is 0.142. The molecule has 2 aromatic rings. The second-order valence-corrected chi connectivity index (χ2v) is 7.28. The van der Waals surface area contributed by atoms with E-state index in [-0.39, 0.29) is 6.03 Å². The van der Waals surface area contributed by atoms with Gasteiger partial charge in [-0.15, -0.1) is 0 Å². The van der Waals surface area contributed by atoms with Crippen LogP contribution in [0.15, 0.2) is 36.4 Å². The minimum Gasteiger partial charge on any atom is -0.496 e. The molecule has 0 unspecified atom stereocenters.